The van der Waals surface area contributed by atoms with Gasteiger partial charge in [0.2, 0.25) is 10.0 Å². The van der Waals surface area contributed by atoms with Gasteiger partial charge in [0.05, 0.1) is 11.1 Å². The highest BCUT2D eigenvalue weighted by Gasteiger charge is 2.19. The van der Waals surface area contributed by atoms with Crippen LogP contribution in [0.25, 0.3) is 5.69 Å². The van der Waals surface area contributed by atoms with Crippen LogP contribution >= 0.6 is 11.8 Å². The number of thioether (sulfide) groups is 1. The molecule has 0 atom stereocenters. The van der Waals surface area contributed by atoms with Gasteiger partial charge in [0.15, 0.2) is 5.16 Å². The van der Waals surface area contributed by atoms with E-state index in [1.165, 1.54) is 18.0 Å². The Labute approximate surface area is 181 Å². The van der Waals surface area contributed by atoms with Gasteiger partial charge in [0.25, 0.3) is 5.91 Å². The SMILES string of the molecule is CSc1ncc(C(=O)NCCNS(=O)(=O)c2cc(C)ccc2C)n1-c1ccccc1. The number of aromatic nitrogens is 2. The Kier molecular flexibility index (Phi) is 6.96. The first-order valence-electron chi connectivity index (χ1n) is 9.36. The van der Waals surface area contributed by atoms with Crippen molar-refractivity contribution >= 4 is 27.7 Å². The van der Waals surface area contributed by atoms with Crippen LogP contribution in [0.1, 0.15) is 21.6 Å². The minimum atomic E-state index is -3.65. The zero-order valence-electron chi connectivity index (χ0n) is 17.0. The first-order chi connectivity index (χ1) is 14.3. The van der Waals surface area contributed by atoms with E-state index in [4.69, 9.17) is 0 Å². The summed E-state index contributed by atoms with van der Waals surface area (Å²) < 4.78 is 29.4. The number of rotatable bonds is 8. The Morgan fingerprint density at radius 3 is 2.53 bits per heavy atom. The Balaban J connectivity index is 1.66. The molecule has 0 fully saturated rings. The van der Waals surface area contributed by atoms with Crippen molar-refractivity contribution in [3.8, 4) is 5.69 Å². The summed E-state index contributed by atoms with van der Waals surface area (Å²) >= 11 is 1.44. The first-order valence-corrected chi connectivity index (χ1v) is 12.1. The van der Waals surface area contributed by atoms with E-state index in [0.717, 1.165) is 11.3 Å². The van der Waals surface area contributed by atoms with Crippen LogP contribution in [-0.4, -0.2) is 43.2 Å². The fourth-order valence-electron chi connectivity index (χ4n) is 2.99. The predicted octanol–water partition coefficient (Wildman–Crippen LogP) is 2.92. The van der Waals surface area contributed by atoms with Crippen molar-refractivity contribution in [2.24, 2.45) is 0 Å². The number of hydrogen-bond acceptors (Lipinski definition) is 5. The number of benzene rings is 2. The van der Waals surface area contributed by atoms with Crippen molar-refractivity contribution in [2.45, 2.75) is 23.9 Å². The highest BCUT2D eigenvalue weighted by Crippen LogP contribution is 2.21. The number of para-hydroxylation sites is 1. The highest BCUT2D eigenvalue weighted by atomic mass is 32.2. The molecule has 0 unspecified atom stereocenters. The van der Waals surface area contributed by atoms with Crippen LogP contribution in [-0.2, 0) is 10.0 Å². The summed E-state index contributed by atoms with van der Waals surface area (Å²) in [6, 6.07) is 14.8. The summed E-state index contributed by atoms with van der Waals surface area (Å²) in [6.45, 7) is 3.83. The van der Waals surface area contributed by atoms with Gasteiger partial charge in [0.1, 0.15) is 5.69 Å². The molecule has 0 aliphatic carbocycles. The van der Waals surface area contributed by atoms with Crippen LogP contribution in [0.5, 0.6) is 0 Å². The van der Waals surface area contributed by atoms with E-state index in [1.54, 1.807) is 23.6 Å². The minimum absolute atomic E-state index is 0.0797. The molecule has 3 aromatic rings. The van der Waals surface area contributed by atoms with Crippen LogP contribution in [0.4, 0.5) is 0 Å². The van der Waals surface area contributed by atoms with Crippen molar-refractivity contribution < 1.29 is 13.2 Å². The molecule has 2 N–H and O–H groups in total. The summed E-state index contributed by atoms with van der Waals surface area (Å²) in [6.07, 6.45) is 3.42. The lowest BCUT2D eigenvalue weighted by molar-refractivity contribution is 0.0947. The lowest BCUT2D eigenvalue weighted by Crippen LogP contribution is -2.35. The lowest BCUT2D eigenvalue weighted by atomic mass is 10.2. The molecule has 2 aromatic carbocycles. The van der Waals surface area contributed by atoms with Gasteiger partial charge in [-0.15, -0.1) is 0 Å². The summed E-state index contributed by atoms with van der Waals surface area (Å²) in [4.78, 5) is 17.3. The second kappa shape index (κ2) is 9.46. The third kappa shape index (κ3) is 4.92. The number of hydrogen-bond donors (Lipinski definition) is 2. The molecule has 1 aromatic heterocycles. The molecule has 0 aliphatic rings. The number of carbonyl (C=O) groups excluding carboxylic acids is 1. The zero-order valence-corrected chi connectivity index (χ0v) is 18.7. The second-order valence-corrected chi connectivity index (χ2v) is 9.23. The van der Waals surface area contributed by atoms with Crippen LogP contribution in [0.3, 0.4) is 0 Å². The number of aryl methyl sites for hydroxylation is 2. The molecule has 0 saturated heterocycles. The molecule has 9 heteroatoms. The number of nitrogens with one attached hydrogen (secondary N) is 2. The van der Waals surface area contributed by atoms with Crippen molar-refractivity contribution in [1.82, 2.24) is 19.6 Å². The van der Waals surface area contributed by atoms with Crippen molar-refractivity contribution in [3.63, 3.8) is 0 Å². The van der Waals surface area contributed by atoms with E-state index in [1.807, 2.05) is 49.6 Å². The maximum absolute atomic E-state index is 12.7. The molecule has 1 amide bonds. The van der Waals surface area contributed by atoms with Crippen LogP contribution in [0, 0.1) is 13.8 Å². The van der Waals surface area contributed by atoms with Crippen molar-refractivity contribution in [2.75, 3.05) is 19.3 Å². The zero-order chi connectivity index (χ0) is 21.7. The van der Waals surface area contributed by atoms with E-state index in [-0.39, 0.29) is 23.9 Å². The van der Waals surface area contributed by atoms with E-state index in [2.05, 4.69) is 15.0 Å². The minimum Gasteiger partial charge on any atom is -0.349 e. The Morgan fingerprint density at radius 2 is 1.83 bits per heavy atom. The molecule has 0 bridgehead atoms. The van der Waals surface area contributed by atoms with Crippen molar-refractivity contribution in [1.29, 1.82) is 0 Å². The summed E-state index contributed by atoms with van der Waals surface area (Å²) in [5.41, 5.74) is 2.77. The van der Waals surface area contributed by atoms with Gasteiger partial charge >= 0.3 is 0 Å². The molecular formula is C21H24N4O3S2. The fourth-order valence-corrected chi connectivity index (χ4v) is 4.90. The molecule has 30 heavy (non-hydrogen) atoms. The molecule has 158 valence electrons. The van der Waals surface area contributed by atoms with Gasteiger partial charge in [-0.25, -0.2) is 18.1 Å². The Hall–Kier alpha value is -2.62. The standard InChI is InChI=1S/C21H24N4O3S2/c1-15-9-10-16(2)19(13-15)30(27,28)24-12-11-22-20(26)18-14-23-21(29-3)25(18)17-7-5-4-6-8-17/h4-10,13-14,24H,11-12H2,1-3H3,(H,22,26). The average molecular weight is 445 g/mol. The third-order valence-corrected chi connectivity index (χ3v) is 6.75. The van der Waals surface area contributed by atoms with Gasteiger partial charge in [-0.1, -0.05) is 42.1 Å². The van der Waals surface area contributed by atoms with E-state index >= 15 is 0 Å². The largest absolute Gasteiger partial charge is 0.349 e. The van der Waals surface area contributed by atoms with Gasteiger partial charge in [-0.05, 0) is 49.4 Å². The maximum Gasteiger partial charge on any atom is 0.270 e. The third-order valence-electron chi connectivity index (χ3n) is 4.49. The highest BCUT2D eigenvalue weighted by molar-refractivity contribution is 7.98. The number of nitrogens with zero attached hydrogens (tertiary/aromatic N) is 2. The molecule has 7 nitrogen and oxygen atoms in total. The van der Waals surface area contributed by atoms with E-state index in [9.17, 15) is 13.2 Å². The Morgan fingerprint density at radius 1 is 1.10 bits per heavy atom. The van der Waals surface area contributed by atoms with Crippen LogP contribution < -0.4 is 10.0 Å². The fraction of sp³-hybridized carbons (Fsp3) is 0.238. The number of imidazole rings is 1. The molecule has 0 radical (unpaired) electrons. The number of carbonyl (C=O) groups is 1. The molecule has 0 saturated carbocycles. The Bertz CT molecular complexity index is 1140. The average Bonchev–Trinajstić information content (AvgIpc) is 3.17. The van der Waals surface area contributed by atoms with Gasteiger partial charge < -0.3 is 5.32 Å². The molecule has 0 spiro atoms. The number of sulfonamides is 1. The quantitative estimate of drug-likeness (QED) is 0.412. The van der Waals surface area contributed by atoms with Crippen molar-refractivity contribution in [3.05, 3.63) is 71.5 Å². The summed E-state index contributed by atoms with van der Waals surface area (Å²) in [7, 11) is -3.65. The first kappa shape index (κ1) is 22.1. The second-order valence-electron chi connectivity index (χ2n) is 6.72. The molecule has 0 aliphatic heterocycles. The van der Waals surface area contributed by atoms with Crippen LogP contribution in [0.2, 0.25) is 0 Å². The molecule has 3 rings (SSSR count). The maximum atomic E-state index is 12.7. The molecule has 1 heterocycles. The summed E-state index contributed by atoms with van der Waals surface area (Å²) in [5, 5.41) is 3.46. The normalized spacial score (nSPS) is 11.4. The molecular weight excluding hydrogens is 420 g/mol. The lowest BCUT2D eigenvalue weighted by Gasteiger charge is -2.12. The monoisotopic (exact) mass is 444 g/mol. The smallest absolute Gasteiger partial charge is 0.270 e. The number of amides is 1. The topological polar surface area (TPSA) is 93.1 Å². The predicted molar refractivity (Wildman–Crippen MR) is 119 cm³/mol. The van der Waals surface area contributed by atoms with E-state index in [0.29, 0.717) is 16.4 Å². The van der Waals surface area contributed by atoms with Gasteiger partial charge in [-0.2, -0.15) is 0 Å². The van der Waals surface area contributed by atoms with Crippen LogP contribution in [0.15, 0.2) is 64.8 Å². The summed E-state index contributed by atoms with van der Waals surface area (Å²) in [5.74, 6) is -0.322. The van der Waals surface area contributed by atoms with E-state index < -0.39 is 10.0 Å². The van der Waals surface area contributed by atoms with Gasteiger partial charge in [-0.3, -0.25) is 9.36 Å². The van der Waals surface area contributed by atoms with Gasteiger partial charge in [0, 0.05) is 18.8 Å².